The van der Waals surface area contributed by atoms with Crippen molar-refractivity contribution in [3.05, 3.63) is 72.3 Å². The van der Waals surface area contributed by atoms with Crippen molar-refractivity contribution in [3.8, 4) is 5.75 Å². The molecule has 0 saturated carbocycles. The number of nitrogens with one attached hydrogen (secondary N) is 1. The van der Waals surface area contributed by atoms with Crippen LogP contribution >= 0.6 is 12.2 Å². The van der Waals surface area contributed by atoms with Crippen molar-refractivity contribution in [1.29, 1.82) is 0 Å². The highest BCUT2D eigenvalue weighted by atomic mass is 32.1. The lowest BCUT2D eigenvalue weighted by Crippen LogP contribution is -2.38. The van der Waals surface area contributed by atoms with Crippen LogP contribution in [0.2, 0.25) is 0 Å². The standard InChI is InChI=1S/C26H30N2O2S/c1-18(2)16-28(17-19(3)4)26(31)30-22-12-7-11-21(15-22)25(29)27-24-14-8-10-20-9-5-6-13-23(20)24/h5-15,18-19H,16-17H2,1-4H3,(H,27,29). The van der Waals surface area contributed by atoms with Crippen LogP contribution in [0.15, 0.2) is 66.7 Å². The minimum atomic E-state index is -0.186. The fourth-order valence-electron chi connectivity index (χ4n) is 3.50. The molecule has 162 valence electrons. The highest BCUT2D eigenvalue weighted by Crippen LogP contribution is 2.24. The molecule has 0 atom stereocenters. The van der Waals surface area contributed by atoms with Crippen LogP contribution < -0.4 is 10.1 Å². The number of benzene rings is 3. The predicted octanol–water partition coefficient (Wildman–Crippen LogP) is 6.37. The van der Waals surface area contributed by atoms with E-state index in [1.54, 1.807) is 12.1 Å². The summed E-state index contributed by atoms with van der Waals surface area (Å²) in [6, 6.07) is 21.0. The van der Waals surface area contributed by atoms with Crippen LogP contribution in [0.4, 0.5) is 5.69 Å². The molecule has 0 spiro atoms. The summed E-state index contributed by atoms with van der Waals surface area (Å²) in [7, 11) is 0. The Hall–Kier alpha value is -2.92. The Morgan fingerprint density at radius 2 is 1.58 bits per heavy atom. The van der Waals surface area contributed by atoms with E-state index >= 15 is 0 Å². The molecular formula is C26H30N2O2S. The van der Waals surface area contributed by atoms with Gasteiger partial charge >= 0.3 is 0 Å². The van der Waals surface area contributed by atoms with E-state index in [0.29, 0.717) is 28.3 Å². The molecule has 0 aliphatic rings. The van der Waals surface area contributed by atoms with Crippen molar-refractivity contribution in [2.75, 3.05) is 18.4 Å². The molecule has 3 aromatic rings. The van der Waals surface area contributed by atoms with Gasteiger partial charge in [0.1, 0.15) is 5.75 Å². The quantitative estimate of drug-likeness (QED) is 0.439. The van der Waals surface area contributed by atoms with Crippen LogP contribution in [-0.4, -0.2) is 29.1 Å². The Balaban J connectivity index is 1.74. The van der Waals surface area contributed by atoms with Crippen LogP contribution in [0.3, 0.4) is 0 Å². The maximum atomic E-state index is 12.9. The first-order chi connectivity index (χ1) is 14.8. The zero-order valence-corrected chi connectivity index (χ0v) is 19.4. The van der Waals surface area contributed by atoms with Crippen LogP contribution in [0.5, 0.6) is 5.75 Å². The van der Waals surface area contributed by atoms with Crippen LogP contribution in [0, 0.1) is 11.8 Å². The van der Waals surface area contributed by atoms with Gasteiger partial charge < -0.3 is 15.0 Å². The van der Waals surface area contributed by atoms with Gasteiger partial charge in [0, 0.05) is 29.7 Å². The van der Waals surface area contributed by atoms with Crippen molar-refractivity contribution in [2.45, 2.75) is 27.7 Å². The molecule has 0 fully saturated rings. The highest BCUT2D eigenvalue weighted by Gasteiger charge is 2.16. The summed E-state index contributed by atoms with van der Waals surface area (Å²) in [5, 5.41) is 5.54. The van der Waals surface area contributed by atoms with Crippen molar-refractivity contribution in [2.24, 2.45) is 11.8 Å². The SMILES string of the molecule is CC(C)CN(CC(C)C)C(=S)Oc1cccc(C(=O)Nc2cccc3ccccc23)c1. The third-order valence-electron chi connectivity index (χ3n) is 4.77. The van der Waals surface area contributed by atoms with E-state index in [1.165, 1.54) is 0 Å². The van der Waals surface area contributed by atoms with Crippen LogP contribution in [-0.2, 0) is 0 Å². The third kappa shape index (κ3) is 6.28. The van der Waals surface area contributed by atoms with Gasteiger partial charge in [0.05, 0.1) is 0 Å². The van der Waals surface area contributed by atoms with Gasteiger partial charge in [-0.2, -0.15) is 0 Å². The van der Waals surface area contributed by atoms with Gasteiger partial charge in [-0.3, -0.25) is 4.79 Å². The second-order valence-electron chi connectivity index (χ2n) is 8.57. The maximum absolute atomic E-state index is 12.9. The number of hydrogen-bond acceptors (Lipinski definition) is 3. The number of ether oxygens (including phenoxy) is 1. The highest BCUT2D eigenvalue weighted by molar-refractivity contribution is 7.80. The topological polar surface area (TPSA) is 41.6 Å². The number of rotatable bonds is 7. The minimum Gasteiger partial charge on any atom is -0.432 e. The predicted molar refractivity (Wildman–Crippen MR) is 133 cm³/mol. The first kappa shape index (κ1) is 22.8. The Kier molecular flexibility index (Phi) is 7.64. The van der Waals surface area contributed by atoms with Gasteiger partial charge in [0.25, 0.3) is 11.1 Å². The molecule has 4 nitrogen and oxygen atoms in total. The number of hydrogen-bond donors (Lipinski definition) is 1. The van der Waals surface area contributed by atoms with Crippen LogP contribution in [0.25, 0.3) is 10.8 Å². The van der Waals surface area contributed by atoms with E-state index in [9.17, 15) is 4.79 Å². The smallest absolute Gasteiger partial charge is 0.264 e. The summed E-state index contributed by atoms with van der Waals surface area (Å²) >= 11 is 5.56. The van der Waals surface area contributed by atoms with E-state index < -0.39 is 0 Å². The lowest BCUT2D eigenvalue weighted by Gasteiger charge is -2.28. The number of carbonyl (C=O) groups excluding carboxylic acids is 1. The largest absolute Gasteiger partial charge is 0.432 e. The molecule has 0 saturated heterocycles. The second-order valence-corrected chi connectivity index (χ2v) is 8.92. The number of nitrogens with zero attached hydrogens (tertiary/aromatic N) is 1. The maximum Gasteiger partial charge on any atom is 0.264 e. The van der Waals surface area contributed by atoms with E-state index in [-0.39, 0.29) is 5.91 Å². The first-order valence-corrected chi connectivity index (χ1v) is 11.1. The molecule has 0 aliphatic heterocycles. The molecule has 31 heavy (non-hydrogen) atoms. The molecule has 0 radical (unpaired) electrons. The van der Waals surface area contributed by atoms with Gasteiger partial charge in [-0.1, -0.05) is 70.2 Å². The average Bonchev–Trinajstić information content (AvgIpc) is 2.73. The molecule has 3 aromatic carbocycles. The fourth-order valence-corrected chi connectivity index (χ4v) is 3.75. The molecule has 1 amide bonds. The second kappa shape index (κ2) is 10.4. The summed E-state index contributed by atoms with van der Waals surface area (Å²) in [4.78, 5) is 15.0. The fraction of sp³-hybridized carbons (Fsp3) is 0.308. The van der Waals surface area contributed by atoms with Gasteiger partial charge in [-0.25, -0.2) is 0 Å². The molecule has 0 bridgehead atoms. The summed E-state index contributed by atoms with van der Waals surface area (Å²) in [5.74, 6) is 1.32. The summed E-state index contributed by atoms with van der Waals surface area (Å²) in [6.07, 6.45) is 0. The van der Waals surface area contributed by atoms with E-state index in [4.69, 9.17) is 17.0 Å². The molecular weight excluding hydrogens is 404 g/mol. The van der Waals surface area contributed by atoms with Crippen molar-refractivity contribution < 1.29 is 9.53 Å². The number of anilines is 1. The van der Waals surface area contributed by atoms with Gasteiger partial charge in [-0.05, 0) is 53.7 Å². The zero-order chi connectivity index (χ0) is 22.4. The van der Waals surface area contributed by atoms with Crippen molar-refractivity contribution in [3.63, 3.8) is 0 Å². The Morgan fingerprint density at radius 3 is 2.29 bits per heavy atom. The molecule has 0 aliphatic carbocycles. The number of amides is 1. The number of carbonyl (C=O) groups is 1. The normalized spacial score (nSPS) is 11.0. The van der Waals surface area contributed by atoms with Gasteiger partial charge in [0.2, 0.25) is 0 Å². The lowest BCUT2D eigenvalue weighted by atomic mass is 10.1. The Labute approximate surface area is 190 Å². The molecule has 0 unspecified atom stereocenters. The monoisotopic (exact) mass is 434 g/mol. The van der Waals surface area contributed by atoms with Crippen molar-refractivity contribution in [1.82, 2.24) is 4.90 Å². The van der Waals surface area contributed by atoms with Crippen LogP contribution in [0.1, 0.15) is 38.1 Å². The third-order valence-corrected chi connectivity index (χ3v) is 5.11. The van der Waals surface area contributed by atoms with E-state index in [2.05, 4.69) is 37.9 Å². The van der Waals surface area contributed by atoms with E-state index in [0.717, 1.165) is 29.5 Å². The molecule has 5 heteroatoms. The first-order valence-electron chi connectivity index (χ1n) is 10.7. The van der Waals surface area contributed by atoms with E-state index in [1.807, 2.05) is 54.6 Å². The summed E-state index contributed by atoms with van der Waals surface area (Å²) < 4.78 is 5.97. The van der Waals surface area contributed by atoms with Gasteiger partial charge in [-0.15, -0.1) is 0 Å². The summed E-state index contributed by atoms with van der Waals surface area (Å²) in [5.41, 5.74) is 1.30. The number of thiocarbonyl (C=S) groups is 1. The molecule has 3 rings (SSSR count). The zero-order valence-electron chi connectivity index (χ0n) is 18.6. The molecule has 0 aromatic heterocycles. The van der Waals surface area contributed by atoms with Gasteiger partial charge in [0.15, 0.2) is 0 Å². The molecule has 0 heterocycles. The Morgan fingerprint density at radius 1 is 0.935 bits per heavy atom. The molecule has 1 N–H and O–H groups in total. The Bertz CT molecular complexity index is 1050. The van der Waals surface area contributed by atoms with Crippen molar-refractivity contribution >= 4 is 39.8 Å². The lowest BCUT2D eigenvalue weighted by molar-refractivity contribution is 0.102. The average molecular weight is 435 g/mol. The minimum absolute atomic E-state index is 0.186. The summed E-state index contributed by atoms with van der Waals surface area (Å²) in [6.45, 7) is 10.3. The number of fused-ring (bicyclic) bond motifs is 1.